The number of carbonyl (C=O) groups is 1. The first-order chi connectivity index (χ1) is 7.76. The second kappa shape index (κ2) is 5.32. The van der Waals surface area contributed by atoms with Crippen LogP contribution in [0.15, 0.2) is 0 Å². The molecule has 1 heterocycles. The summed E-state index contributed by atoms with van der Waals surface area (Å²) >= 11 is 0. The van der Waals surface area contributed by atoms with Crippen LogP contribution in [0, 0.1) is 5.92 Å². The maximum atomic E-state index is 12.2. The molecular formula is C10H20N2O4S. The summed E-state index contributed by atoms with van der Waals surface area (Å²) < 4.78 is 26.9. The Morgan fingerprint density at radius 1 is 1.47 bits per heavy atom. The number of rotatable bonds is 4. The van der Waals surface area contributed by atoms with Gasteiger partial charge in [-0.05, 0) is 26.7 Å². The maximum Gasteiger partial charge on any atom is 0.307 e. The third kappa shape index (κ3) is 3.17. The van der Waals surface area contributed by atoms with E-state index in [4.69, 9.17) is 5.11 Å². The van der Waals surface area contributed by atoms with Crippen molar-refractivity contribution in [1.29, 1.82) is 0 Å². The Morgan fingerprint density at radius 3 is 2.53 bits per heavy atom. The number of hydrogen-bond donors (Lipinski definition) is 1. The maximum absolute atomic E-state index is 12.2. The molecule has 1 saturated heterocycles. The van der Waals surface area contributed by atoms with Crippen LogP contribution >= 0.6 is 0 Å². The third-order valence-electron chi connectivity index (χ3n) is 3.15. The molecule has 1 aliphatic rings. The van der Waals surface area contributed by atoms with Crippen LogP contribution in [0.2, 0.25) is 0 Å². The molecule has 100 valence electrons. The number of nitrogens with zero attached hydrogens (tertiary/aromatic N) is 2. The fourth-order valence-electron chi connectivity index (χ4n) is 1.80. The highest BCUT2D eigenvalue weighted by molar-refractivity contribution is 7.86. The molecule has 0 aromatic heterocycles. The number of aliphatic carboxylic acids is 1. The van der Waals surface area contributed by atoms with E-state index in [1.807, 2.05) is 0 Å². The summed E-state index contributed by atoms with van der Waals surface area (Å²) in [6.45, 7) is 4.06. The summed E-state index contributed by atoms with van der Waals surface area (Å²) in [4.78, 5) is 10.9. The van der Waals surface area contributed by atoms with Crippen LogP contribution in [0.1, 0.15) is 26.7 Å². The van der Waals surface area contributed by atoms with E-state index in [1.165, 1.54) is 15.7 Å². The molecule has 1 rings (SSSR count). The van der Waals surface area contributed by atoms with E-state index in [1.54, 1.807) is 13.8 Å². The Balaban J connectivity index is 2.82. The van der Waals surface area contributed by atoms with Crippen molar-refractivity contribution in [3.63, 3.8) is 0 Å². The summed E-state index contributed by atoms with van der Waals surface area (Å²) in [6, 6.07) is -0.134. The highest BCUT2D eigenvalue weighted by Gasteiger charge is 2.35. The van der Waals surface area contributed by atoms with Gasteiger partial charge in [0.05, 0.1) is 5.92 Å². The van der Waals surface area contributed by atoms with E-state index in [2.05, 4.69) is 0 Å². The van der Waals surface area contributed by atoms with Crippen molar-refractivity contribution in [1.82, 2.24) is 8.61 Å². The molecule has 1 fully saturated rings. The second-order valence-electron chi connectivity index (χ2n) is 4.65. The number of hydrogen-bond acceptors (Lipinski definition) is 3. The van der Waals surface area contributed by atoms with Gasteiger partial charge in [0.2, 0.25) is 0 Å². The smallest absolute Gasteiger partial charge is 0.307 e. The van der Waals surface area contributed by atoms with Gasteiger partial charge in [-0.15, -0.1) is 0 Å². The molecular weight excluding hydrogens is 244 g/mol. The zero-order valence-corrected chi connectivity index (χ0v) is 11.3. The molecule has 0 spiro atoms. The van der Waals surface area contributed by atoms with E-state index in [0.717, 1.165) is 0 Å². The molecule has 0 bridgehead atoms. The monoisotopic (exact) mass is 264 g/mol. The highest BCUT2D eigenvalue weighted by Crippen LogP contribution is 2.21. The summed E-state index contributed by atoms with van der Waals surface area (Å²) in [7, 11) is -2.01. The first-order valence-corrected chi connectivity index (χ1v) is 7.12. The standard InChI is InChI=1S/C10H20N2O4S/c1-8(2)11(3)17(15,16)12-6-4-5-9(7-12)10(13)14/h8-9H,4-7H2,1-3H3,(H,13,14). The number of piperidine rings is 1. The molecule has 1 unspecified atom stereocenters. The second-order valence-corrected chi connectivity index (χ2v) is 6.64. The Bertz CT molecular complexity index is 380. The van der Waals surface area contributed by atoms with Gasteiger partial charge in [-0.3, -0.25) is 4.79 Å². The quantitative estimate of drug-likeness (QED) is 0.795. The molecule has 0 aromatic carbocycles. The summed E-state index contributed by atoms with van der Waals surface area (Å²) in [5, 5.41) is 8.93. The van der Waals surface area contributed by atoms with Gasteiger partial charge in [0.1, 0.15) is 0 Å². The Morgan fingerprint density at radius 2 is 2.06 bits per heavy atom. The lowest BCUT2D eigenvalue weighted by molar-refractivity contribution is -0.142. The predicted molar refractivity (Wildman–Crippen MR) is 63.8 cm³/mol. The Labute approximate surface area is 102 Å². The largest absolute Gasteiger partial charge is 0.481 e. The van der Waals surface area contributed by atoms with E-state index in [0.29, 0.717) is 19.4 Å². The molecule has 0 saturated carbocycles. The normalized spacial score (nSPS) is 23.2. The molecule has 7 heteroatoms. The van der Waals surface area contributed by atoms with Gasteiger partial charge in [0, 0.05) is 26.2 Å². The van der Waals surface area contributed by atoms with Gasteiger partial charge in [-0.1, -0.05) is 0 Å². The Hall–Kier alpha value is -0.660. The first-order valence-electron chi connectivity index (χ1n) is 5.72. The van der Waals surface area contributed by atoms with Crippen molar-refractivity contribution in [3.8, 4) is 0 Å². The fraction of sp³-hybridized carbons (Fsp3) is 0.900. The van der Waals surface area contributed by atoms with Crippen LogP contribution in [0.3, 0.4) is 0 Å². The van der Waals surface area contributed by atoms with E-state index in [-0.39, 0.29) is 12.6 Å². The SMILES string of the molecule is CC(C)N(C)S(=O)(=O)N1CCCC(C(=O)O)C1. The highest BCUT2D eigenvalue weighted by atomic mass is 32.2. The summed E-state index contributed by atoms with van der Waals surface area (Å²) in [6.07, 6.45) is 1.15. The van der Waals surface area contributed by atoms with Crippen LogP contribution in [0.5, 0.6) is 0 Å². The first kappa shape index (κ1) is 14.4. The average molecular weight is 264 g/mol. The molecule has 1 aliphatic heterocycles. The van der Waals surface area contributed by atoms with Crippen LogP contribution in [0.25, 0.3) is 0 Å². The minimum atomic E-state index is -3.52. The molecule has 0 amide bonds. The van der Waals surface area contributed by atoms with Crippen LogP contribution in [0.4, 0.5) is 0 Å². The zero-order valence-electron chi connectivity index (χ0n) is 10.5. The zero-order chi connectivity index (χ0) is 13.2. The topological polar surface area (TPSA) is 77.9 Å². The van der Waals surface area contributed by atoms with E-state index in [9.17, 15) is 13.2 Å². The molecule has 17 heavy (non-hydrogen) atoms. The van der Waals surface area contributed by atoms with Gasteiger partial charge >= 0.3 is 5.97 Å². The van der Waals surface area contributed by atoms with Crippen molar-refractivity contribution >= 4 is 16.2 Å². The van der Waals surface area contributed by atoms with Gasteiger partial charge in [0.25, 0.3) is 10.2 Å². The number of carboxylic acid groups (broad SMARTS) is 1. The molecule has 6 nitrogen and oxygen atoms in total. The fourth-order valence-corrected chi connectivity index (χ4v) is 3.43. The van der Waals surface area contributed by atoms with Crippen LogP contribution in [-0.4, -0.2) is 54.3 Å². The van der Waals surface area contributed by atoms with Gasteiger partial charge < -0.3 is 5.11 Å². The molecule has 0 aliphatic carbocycles. The minimum absolute atomic E-state index is 0.0781. The summed E-state index contributed by atoms with van der Waals surface area (Å²) in [5.74, 6) is -1.50. The third-order valence-corrected chi connectivity index (χ3v) is 5.28. The van der Waals surface area contributed by atoms with Crippen molar-refractivity contribution < 1.29 is 18.3 Å². The van der Waals surface area contributed by atoms with Crippen molar-refractivity contribution in [2.75, 3.05) is 20.1 Å². The minimum Gasteiger partial charge on any atom is -0.481 e. The van der Waals surface area contributed by atoms with E-state index < -0.39 is 22.1 Å². The Kier molecular flexibility index (Phi) is 4.51. The lowest BCUT2D eigenvalue weighted by Crippen LogP contribution is -2.49. The number of carboxylic acids is 1. The van der Waals surface area contributed by atoms with Crippen LogP contribution < -0.4 is 0 Å². The van der Waals surface area contributed by atoms with E-state index >= 15 is 0 Å². The molecule has 1 atom stereocenters. The molecule has 1 N–H and O–H groups in total. The predicted octanol–water partition coefficient (Wildman–Crippen LogP) is 0.368. The molecule has 0 radical (unpaired) electrons. The van der Waals surface area contributed by atoms with Gasteiger partial charge in [0.15, 0.2) is 0 Å². The van der Waals surface area contributed by atoms with Crippen molar-refractivity contribution in [2.45, 2.75) is 32.7 Å². The lowest BCUT2D eigenvalue weighted by atomic mass is 10.0. The van der Waals surface area contributed by atoms with Crippen molar-refractivity contribution in [2.24, 2.45) is 5.92 Å². The van der Waals surface area contributed by atoms with Gasteiger partial charge in [-0.2, -0.15) is 17.0 Å². The molecule has 0 aromatic rings. The summed E-state index contributed by atoms with van der Waals surface area (Å²) in [5.41, 5.74) is 0. The van der Waals surface area contributed by atoms with Gasteiger partial charge in [-0.25, -0.2) is 0 Å². The average Bonchev–Trinajstić information content (AvgIpc) is 2.28. The lowest BCUT2D eigenvalue weighted by Gasteiger charge is -2.34. The van der Waals surface area contributed by atoms with Crippen LogP contribution in [-0.2, 0) is 15.0 Å². The van der Waals surface area contributed by atoms with Crippen molar-refractivity contribution in [3.05, 3.63) is 0 Å².